The molecule has 45 heavy (non-hydrogen) atoms. The van der Waals surface area contributed by atoms with Crippen LogP contribution in [0, 0.1) is 5.92 Å². The van der Waals surface area contributed by atoms with E-state index >= 15 is 0 Å². The zero-order valence-electron chi connectivity index (χ0n) is 27.5. The standard InChI is InChI=1S/C37H53N3O5/c1-7-11-18-27(10-4)37(43)40(5)33(15-8-2)36(42)39-32(22-26-16-13-12-14-17-26)34(41)25-38-31-24-35(45-21-9-3)29-20-19-28(44-6)23-30(29)31/h8-9,12-14,16-17,19-20,23,27,31-35,38,41H,2-3,7,10-11,15,18,21-22,24-25H2,1,4-6H3,(H,39,42)/t27?,31-,32-,33?,34+,35+/m0/s1. The molecular weight excluding hydrogens is 566 g/mol. The van der Waals surface area contributed by atoms with Gasteiger partial charge >= 0.3 is 0 Å². The maximum Gasteiger partial charge on any atom is 0.243 e. The molecule has 8 heteroatoms. The number of hydrogen-bond donors (Lipinski definition) is 3. The Kier molecular flexibility index (Phi) is 14.8. The van der Waals surface area contributed by atoms with Gasteiger partial charge in [0.05, 0.1) is 32.0 Å². The molecule has 3 rings (SSSR count). The molecule has 1 aliphatic rings. The molecule has 0 spiro atoms. The number of rotatable bonds is 20. The van der Waals surface area contributed by atoms with Crippen LogP contribution in [-0.2, 0) is 20.7 Å². The first-order chi connectivity index (χ1) is 21.8. The number of aliphatic hydroxyl groups excluding tert-OH is 1. The Morgan fingerprint density at radius 3 is 2.51 bits per heavy atom. The topological polar surface area (TPSA) is 100 Å². The maximum absolute atomic E-state index is 13.8. The summed E-state index contributed by atoms with van der Waals surface area (Å²) < 4.78 is 11.5. The van der Waals surface area contributed by atoms with Crippen molar-refractivity contribution in [2.24, 2.45) is 5.92 Å². The lowest BCUT2D eigenvalue weighted by Gasteiger charge is -2.32. The van der Waals surface area contributed by atoms with E-state index in [0.717, 1.165) is 48.1 Å². The molecule has 6 atom stereocenters. The van der Waals surface area contributed by atoms with Gasteiger partial charge in [0.2, 0.25) is 11.8 Å². The van der Waals surface area contributed by atoms with Crippen LogP contribution in [0.3, 0.4) is 0 Å². The average molecular weight is 620 g/mol. The summed E-state index contributed by atoms with van der Waals surface area (Å²) in [5, 5.41) is 18.2. The molecule has 2 unspecified atom stereocenters. The highest BCUT2D eigenvalue weighted by Crippen LogP contribution is 2.42. The number of fused-ring (bicyclic) bond motifs is 1. The van der Waals surface area contributed by atoms with Gasteiger partial charge in [0.1, 0.15) is 11.8 Å². The molecule has 1 aliphatic carbocycles. The number of aliphatic hydroxyl groups is 1. The van der Waals surface area contributed by atoms with E-state index in [0.29, 0.717) is 25.9 Å². The summed E-state index contributed by atoms with van der Waals surface area (Å²) in [4.78, 5) is 28.8. The molecule has 0 radical (unpaired) electrons. The van der Waals surface area contributed by atoms with Gasteiger partial charge < -0.3 is 30.1 Å². The minimum absolute atomic E-state index is 0.0293. The number of nitrogens with zero attached hydrogens (tertiary/aromatic N) is 1. The van der Waals surface area contributed by atoms with Crippen molar-refractivity contribution in [2.75, 3.05) is 27.3 Å². The molecule has 2 amide bonds. The van der Waals surface area contributed by atoms with Crippen LogP contribution in [0.5, 0.6) is 5.75 Å². The van der Waals surface area contributed by atoms with Gasteiger partial charge in [0, 0.05) is 25.6 Å². The van der Waals surface area contributed by atoms with Crippen LogP contribution >= 0.6 is 0 Å². The summed E-state index contributed by atoms with van der Waals surface area (Å²) >= 11 is 0. The second-order valence-corrected chi connectivity index (χ2v) is 11.9. The Balaban J connectivity index is 1.78. The van der Waals surface area contributed by atoms with Crippen molar-refractivity contribution in [3.05, 3.63) is 90.5 Å². The fraction of sp³-hybridized carbons (Fsp3) is 0.514. The van der Waals surface area contributed by atoms with E-state index in [1.54, 1.807) is 31.2 Å². The molecule has 0 aromatic heterocycles. The number of methoxy groups -OCH3 is 1. The quantitative estimate of drug-likeness (QED) is 0.165. The minimum Gasteiger partial charge on any atom is -0.497 e. The summed E-state index contributed by atoms with van der Waals surface area (Å²) in [6.07, 6.45) is 7.35. The Hall–Kier alpha value is -3.46. The van der Waals surface area contributed by atoms with Crippen LogP contribution in [0.1, 0.15) is 81.2 Å². The van der Waals surface area contributed by atoms with Gasteiger partial charge in [-0.3, -0.25) is 9.59 Å². The second-order valence-electron chi connectivity index (χ2n) is 11.9. The highest BCUT2D eigenvalue weighted by atomic mass is 16.5. The maximum atomic E-state index is 13.8. The van der Waals surface area contributed by atoms with E-state index in [1.165, 1.54) is 0 Å². The van der Waals surface area contributed by atoms with E-state index in [-0.39, 0.29) is 36.4 Å². The predicted molar refractivity (Wildman–Crippen MR) is 180 cm³/mol. The van der Waals surface area contributed by atoms with Gasteiger partial charge in [0.25, 0.3) is 0 Å². The molecule has 2 aromatic rings. The van der Waals surface area contributed by atoms with Crippen molar-refractivity contribution in [2.45, 2.75) is 89.1 Å². The minimum atomic E-state index is -0.908. The zero-order chi connectivity index (χ0) is 32.8. The van der Waals surface area contributed by atoms with Crippen molar-refractivity contribution in [1.29, 1.82) is 0 Å². The van der Waals surface area contributed by atoms with Gasteiger partial charge in [-0.2, -0.15) is 0 Å². The van der Waals surface area contributed by atoms with Gasteiger partial charge in [0.15, 0.2) is 0 Å². The lowest BCUT2D eigenvalue weighted by Crippen LogP contribution is -2.55. The van der Waals surface area contributed by atoms with E-state index in [9.17, 15) is 14.7 Å². The number of unbranched alkanes of at least 4 members (excludes halogenated alkanes) is 1. The summed E-state index contributed by atoms with van der Waals surface area (Å²) in [5.74, 6) is 0.298. The number of ether oxygens (including phenoxy) is 2. The molecule has 246 valence electrons. The molecule has 3 N–H and O–H groups in total. The van der Waals surface area contributed by atoms with Crippen LogP contribution in [0.25, 0.3) is 0 Å². The van der Waals surface area contributed by atoms with E-state index in [1.807, 2.05) is 55.5 Å². The monoisotopic (exact) mass is 619 g/mol. The molecule has 0 aliphatic heterocycles. The molecule has 8 nitrogen and oxygen atoms in total. The SMILES string of the molecule is C=CCO[C@@H]1C[C@H](NC[C@@H](O)[C@H](Cc2ccccc2)NC(=O)C(CC=C)N(C)C(=O)C(CC)CCCC)c2cc(OC)ccc21. The average Bonchev–Trinajstić information content (AvgIpc) is 3.41. The van der Waals surface area contributed by atoms with Gasteiger partial charge in [-0.15, -0.1) is 13.2 Å². The van der Waals surface area contributed by atoms with Crippen LogP contribution in [0.2, 0.25) is 0 Å². The number of carbonyl (C=O) groups is 2. The number of amides is 2. The second kappa shape index (κ2) is 18.5. The first-order valence-electron chi connectivity index (χ1n) is 16.3. The third-order valence-electron chi connectivity index (χ3n) is 8.80. The molecule has 0 saturated carbocycles. The fourth-order valence-electron chi connectivity index (χ4n) is 6.11. The first-order valence-corrected chi connectivity index (χ1v) is 16.3. The van der Waals surface area contributed by atoms with E-state index in [2.05, 4.69) is 30.7 Å². The lowest BCUT2D eigenvalue weighted by molar-refractivity contribution is -0.142. The molecule has 0 fully saturated rings. The summed E-state index contributed by atoms with van der Waals surface area (Å²) in [5.41, 5.74) is 3.15. The lowest BCUT2D eigenvalue weighted by atomic mass is 9.96. The fourth-order valence-corrected chi connectivity index (χ4v) is 6.11. The van der Waals surface area contributed by atoms with Crippen molar-refractivity contribution >= 4 is 11.8 Å². The van der Waals surface area contributed by atoms with Gasteiger partial charge in [-0.05, 0) is 60.9 Å². The summed E-state index contributed by atoms with van der Waals surface area (Å²) in [7, 11) is 3.34. The highest BCUT2D eigenvalue weighted by molar-refractivity contribution is 5.88. The van der Waals surface area contributed by atoms with Gasteiger partial charge in [-0.25, -0.2) is 0 Å². The molecule has 0 saturated heterocycles. The third kappa shape index (κ3) is 10.0. The van der Waals surface area contributed by atoms with Gasteiger partial charge in [-0.1, -0.05) is 75.2 Å². The van der Waals surface area contributed by atoms with Crippen LogP contribution in [-0.4, -0.2) is 67.3 Å². The zero-order valence-corrected chi connectivity index (χ0v) is 27.5. The predicted octanol–water partition coefficient (Wildman–Crippen LogP) is 5.68. The van der Waals surface area contributed by atoms with Crippen molar-refractivity contribution in [3.8, 4) is 5.75 Å². The number of hydrogen-bond acceptors (Lipinski definition) is 6. The van der Waals surface area contributed by atoms with Crippen LogP contribution in [0.4, 0.5) is 0 Å². The highest BCUT2D eigenvalue weighted by Gasteiger charge is 2.35. The van der Waals surface area contributed by atoms with Crippen molar-refractivity contribution < 1.29 is 24.2 Å². The third-order valence-corrected chi connectivity index (χ3v) is 8.80. The largest absolute Gasteiger partial charge is 0.497 e. The van der Waals surface area contributed by atoms with E-state index in [4.69, 9.17) is 9.47 Å². The summed E-state index contributed by atoms with van der Waals surface area (Å²) in [6.45, 7) is 12.4. The van der Waals surface area contributed by atoms with E-state index < -0.39 is 18.2 Å². The molecule has 0 heterocycles. The van der Waals surface area contributed by atoms with Crippen molar-refractivity contribution in [3.63, 3.8) is 0 Å². The number of carbonyl (C=O) groups excluding carboxylic acids is 2. The Bertz CT molecular complexity index is 1240. The number of nitrogens with one attached hydrogen (secondary N) is 2. The summed E-state index contributed by atoms with van der Waals surface area (Å²) in [6, 6.07) is 14.4. The molecule has 2 aromatic carbocycles. The normalized spacial score (nSPS) is 18.2. The number of likely N-dealkylation sites (N-methyl/N-ethyl adjacent to an activating group) is 1. The van der Waals surface area contributed by atoms with Crippen molar-refractivity contribution in [1.82, 2.24) is 15.5 Å². The van der Waals surface area contributed by atoms with Crippen LogP contribution in [0.15, 0.2) is 73.8 Å². The molecular formula is C37H53N3O5. The number of benzene rings is 2. The Morgan fingerprint density at radius 2 is 1.87 bits per heavy atom. The Morgan fingerprint density at radius 1 is 1.11 bits per heavy atom. The van der Waals surface area contributed by atoms with Crippen LogP contribution < -0.4 is 15.4 Å². The molecule has 0 bridgehead atoms. The smallest absolute Gasteiger partial charge is 0.243 e. The Labute approximate surface area is 269 Å². The first kappa shape index (κ1) is 36.0.